The second kappa shape index (κ2) is 4.95. The molecule has 2 rings (SSSR count). The minimum absolute atomic E-state index is 0.00148. The van der Waals surface area contributed by atoms with E-state index in [1.807, 2.05) is 0 Å². The summed E-state index contributed by atoms with van der Waals surface area (Å²) < 4.78 is 37.3. The summed E-state index contributed by atoms with van der Waals surface area (Å²) in [6, 6.07) is 5.98. The molecule has 1 aliphatic rings. The van der Waals surface area contributed by atoms with Crippen molar-refractivity contribution in [2.45, 2.75) is 12.6 Å². The Labute approximate surface area is 108 Å². The van der Waals surface area contributed by atoms with Gasteiger partial charge >= 0.3 is 6.18 Å². The number of amides is 1. The summed E-state index contributed by atoms with van der Waals surface area (Å²) in [5.41, 5.74) is -0.500. The van der Waals surface area contributed by atoms with Crippen LogP contribution < -0.4 is 0 Å². The molecule has 1 heterocycles. The van der Waals surface area contributed by atoms with Crippen LogP contribution in [0.15, 0.2) is 35.9 Å². The molecule has 19 heavy (non-hydrogen) atoms. The van der Waals surface area contributed by atoms with E-state index in [4.69, 9.17) is 0 Å². The number of halogens is 3. The summed E-state index contributed by atoms with van der Waals surface area (Å²) >= 11 is 0. The fourth-order valence-electron chi connectivity index (χ4n) is 1.94. The number of aromatic hydroxyl groups is 1. The van der Waals surface area contributed by atoms with Gasteiger partial charge in [-0.25, -0.2) is 0 Å². The smallest absolute Gasteiger partial charge is 0.412 e. The maximum atomic E-state index is 12.4. The first-order valence-corrected chi connectivity index (χ1v) is 5.73. The van der Waals surface area contributed by atoms with Crippen molar-refractivity contribution in [1.82, 2.24) is 4.90 Å². The van der Waals surface area contributed by atoms with Gasteiger partial charge in [-0.2, -0.15) is 13.2 Å². The van der Waals surface area contributed by atoms with Crippen molar-refractivity contribution in [3.8, 4) is 5.75 Å². The Morgan fingerprint density at radius 1 is 1.26 bits per heavy atom. The van der Waals surface area contributed by atoms with Crippen molar-refractivity contribution < 1.29 is 23.1 Å². The molecular weight excluding hydrogens is 259 g/mol. The van der Waals surface area contributed by atoms with Gasteiger partial charge in [0.25, 0.3) is 5.91 Å². The number of para-hydroxylation sites is 1. The van der Waals surface area contributed by atoms with Crippen LogP contribution in [0.2, 0.25) is 0 Å². The predicted octanol–water partition coefficient (Wildman–Crippen LogP) is 2.73. The van der Waals surface area contributed by atoms with E-state index in [9.17, 15) is 23.1 Å². The zero-order valence-electron chi connectivity index (χ0n) is 9.94. The standard InChI is InChI=1S/C13H12F3NO2/c14-13(15,16)9-5-7-17(8-6-9)12(19)10-3-1-2-4-11(10)18/h1-5,18H,6-8H2. The van der Waals surface area contributed by atoms with E-state index in [1.54, 1.807) is 12.1 Å². The molecule has 0 saturated carbocycles. The van der Waals surface area contributed by atoms with Gasteiger partial charge in [0, 0.05) is 18.7 Å². The lowest BCUT2D eigenvalue weighted by Crippen LogP contribution is -2.36. The Morgan fingerprint density at radius 3 is 2.47 bits per heavy atom. The highest BCUT2D eigenvalue weighted by atomic mass is 19.4. The number of carbonyl (C=O) groups excluding carboxylic acids is 1. The first kappa shape index (κ1) is 13.5. The number of alkyl halides is 3. The number of hydrogen-bond donors (Lipinski definition) is 1. The normalized spacial score (nSPS) is 16.2. The molecule has 1 aliphatic heterocycles. The summed E-state index contributed by atoms with van der Waals surface area (Å²) in [5, 5.41) is 9.55. The molecule has 102 valence electrons. The summed E-state index contributed by atoms with van der Waals surface area (Å²) in [6.45, 7) is -0.0967. The Hall–Kier alpha value is -1.98. The molecule has 3 nitrogen and oxygen atoms in total. The van der Waals surface area contributed by atoms with E-state index in [0.717, 1.165) is 6.08 Å². The lowest BCUT2D eigenvalue weighted by molar-refractivity contribution is -0.0957. The molecule has 0 atom stereocenters. The molecule has 1 N–H and O–H groups in total. The van der Waals surface area contributed by atoms with E-state index in [-0.39, 0.29) is 30.8 Å². The number of nitrogens with zero attached hydrogens (tertiary/aromatic N) is 1. The first-order chi connectivity index (χ1) is 8.89. The van der Waals surface area contributed by atoms with Crippen LogP contribution in [-0.4, -0.2) is 35.2 Å². The number of rotatable bonds is 1. The number of benzene rings is 1. The lowest BCUT2D eigenvalue weighted by atomic mass is 10.1. The topological polar surface area (TPSA) is 40.5 Å². The van der Waals surface area contributed by atoms with Crippen molar-refractivity contribution >= 4 is 5.91 Å². The summed E-state index contributed by atoms with van der Waals surface area (Å²) in [5.74, 6) is -0.631. The lowest BCUT2D eigenvalue weighted by Gasteiger charge is -2.27. The second-order valence-corrected chi connectivity index (χ2v) is 4.25. The fourth-order valence-corrected chi connectivity index (χ4v) is 1.94. The van der Waals surface area contributed by atoms with E-state index in [1.165, 1.54) is 17.0 Å². The minimum atomic E-state index is -4.33. The van der Waals surface area contributed by atoms with Gasteiger partial charge in [-0.15, -0.1) is 0 Å². The van der Waals surface area contributed by atoms with Crippen LogP contribution in [0.1, 0.15) is 16.8 Å². The fraction of sp³-hybridized carbons (Fsp3) is 0.308. The zero-order valence-corrected chi connectivity index (χ0v) is 9.94. The monoisotopic (exact) mass is 271 g/mol. The molecule has 0 bridgehead atoms. The van der Waals surface area contributed by atoms with Crippen LogP contribution in [0.3, 0.4) is 0 Å². The van der Waals surface area contributed by atoms with Crippen LogP contribution >= 0.6 is 0 Å². The molecule has 0 unspecified atom stereocenters. The van der Waals surface area contributed by atoms with Crippen molar-refractivity contribution in [2.24, 2.45) is 0 Å². The van der Waals surface area contributed by atoms with Crippen molar-refractivity contribution in [3.63, 3.8) is 0 Å². The highest BCUT2D eigenvalue weighted by Gasteiger charge is 2.35. The minimum Gasteiger partial charge on any atom is -0.507 e. The molecule has 1 amide bonds. The largest absolute Gasteiger partial charge is 0.507 e. The summed E-state index contributed by atoms with van der Waals surface area (Å²) in [7, 11) is 0. The maximum Gasteiger partial charge on any atom is 0.412 e. The van der Waals surface area contributed by atoms with Gasteiger partial charge in [0.1, 0.15) is 5.75 Å². The van der Waals surface area contributed by atoms with Gasteiger partial charge in [-0.3, -0.25) is 4.79 Å². The van der Waals surface area contributed by atoms with Crippen LogP contribution in [0, 0.1) is 0 Å². The molecule has 0 spiro atoms. The van der Waals surface area contributed by atoms with Gasteiger partial charge in [-0.05, 0) is 18.6 Å². The molecule has 6 heteroatoms. The number of hydrogen-bond acceptors (Lipinski definition) is 2. The third-order valence-electron chi connectivity index (χ3n) is 2.99. The van der Waals surface area contributed by atoms with Gasteiger partial charge in [0.2, 0.25) is 0 Å². The van der Waals surface area contributed by atoms with E-state index in [2.05, 4.69) is 0 Å². The van der Waals surface area contributed by atoms with Crippen LogP contribution in [0.4, 0.5) is 13.2 Å². The third-order valence-corrected chi connectivity index (χ3v) is 2.99. The molecule has 0 aromatic heterocycles. The van der Waals surface area contributed by atoms with Gasteiger partial charge < -0.3 is 10.0 Å². The number of phenols is 1. The predicted molar refractivity (Wildman–Crippen MR) is 62.8 cm³/mol. The van der Waals surface area contributed by atoms with Crippen molar-refractivity contribution in [2.75, 3.05) is 13.1 Å². The first-order valence-electron chi connectivity index (χ1n) is 5.73. The third kappa shape index (κ3) is 2.89. The highest BCUT2D eigenvalue weighted by molar-refractivity contribution is 5.97. The average molecular weight is 271 g/mol. The van der Waals surface area contributed by atoms with E-state index in [0.29, 0.717) is 0 Å². The number of phenolic OH excluding ortho intramolecular Hbond substituents is 1. The highest BCUT2D eigenvalue weighted by Crippen LogP contribution is 2.30. The Bertz CT molecular complexity index is 523. The molecular formula is C13H12F3NO2. The Kier molecular flexibility index (Phi) is 3.50. The quantitative estimate of drug-likeness (QED) is 0.798. The van der Waals surface area contributed by atoms with Crippen LogP contribution in [0.5, 0.6) is 5.75 Å². The van der Waals surface area contributed by atoms with Crippen LogP contribution in [0.25, 0.3) is 0 Å². The van der Waals surface area contributed by atoms with Crippen LogP contribution in [-0.2, 0) is 0 Å². The molecule has 1 aromatic rings. The van der Waals surface area contributed by atoms with E-state index < -0.39 is 17.7 Å². The van der Waals surface area contributed by atoms with Gasteiger partial charge in [0.15, 0.2) is 0 Å². The summed E-state index contributed by atoms with van der Waals surface area (Å²) in [4.78, 5) is 13.3. The van der Waals surface area contributed by atoms with Crippen molar-refractivity contribution in [1.29, 1.82) is 0 Å². The van der Waals surface area contributed by atoms with Gasteiger partial charge in [0.05, 0.1) is 5.56 Å². The molecule has 0 fully saturated rings. The molecule has 1 aromatic carbocycles. The SMILES string of the molecule is O=C(c1ccccc1O)N1CC=C(C(F)(F)F)CC1. The van der Waals surface area contributed by atoms with Crippen molar-refractivity contribution in [3.05, 3.63) is 41.5 Å². The Morgan fingerprint density at radius 2 is 1.95 bits per heavy atom. The van der Waals surface area contributed by atoms with Gasteiger partial charge in [-0.1, -0.05) is 18.2 Å². The summed E-state index contributed by atoms with van der Waals surface area (Å²) in [6.07, 6.45) is -3.53. The maximum absolute atomic E-state index is 12.4. The zero-order chi connectivity index (χ0) is 14.0. The molecule has 0 aliphatic carbocycles. The Balaban J connectivity index is 2.13. The molecule has 0 radical (unpaired) electrons. The number of carbonyl (C=O) groups is 1. The molecule has 0 saturated heterocycles. The van der Waals surface area contributed by atoms with E-state index >= 15 is 0 Å². The average Bonchev–Trinajstić information content (AvgIpc) is 2.38. The second-order valence-electron chi connectivity index (χ2n) is 4.25.